The molecule has 1 saturated heterocycles. The van der Waals surface area contributed by atoms with Crippen LogP contribution in [0.4, 0.5) is 0 Å². The molecule has 0 bridgehead atoms. The largest absolute Gasteiger partial charge is 0.390 e. The van der Waals surface area contributed by atoms with Gasteiger partial charge in [0, 0.05) is 25.7 Å². The number of aliphatic imine (C=N–C) groups is 1. The lowest BCUT2D eigenvalue weighted by Gasteiger charge is -2.32. The maximum Gasteiger partial charge on any atom is 0.191 e. The molecule has 27 heavy (non-hydrogen) atoms. The fourth-order valence-corrected chi connectivity index (χ4v) is 5.62. The molecule has 1 aliphatic heterocycles. The van der Waals surface area contributed by atoms with Gasteiger partial charge in [-0.3, -0.25) is 4.99 Å². The molecular weight excluding hydrogens is 384 g/mol. The van der Waals surface area contributed by atoms with Gasteiger partial charge < -0.3 is 20.6 Å². The van der Waals surface area contributed by atoms with Crippen LogP contribution in [0.1, 0.15) is 33.1 Å². The molecule has 0 amide bonds. The van der Waals surface area contributed by atoms with Crippen molar-refractivity contribution in [1.82, 2.24) is 15.5 Å². The minimum atomic E-state index is -3.46. The molecule has 2 rings (SSSR count). The summed E-state index contributed by atoms with van der Waals surface area (Å²) >= 11 is 1.17. The van der Waals surface area contributed by atoms with Crippen molar-refractivity contribution in [2.75, 3.05) is 38.5 Å². The minimum absolute atomic E-state index is 0.0502. The van der Waals surface area contributed by atoms with Crippen LogP contribution < -0.4 is 10.6 Å². The van der Waals surface area contributed by atoms with Crippen LogP contribution in [0.2, 0.25) is 0 Å². The lowest BCUT2D eigenvalue weighted by atomic mass is 10.1. The lowest BCUT2D eigenvalue weighted by Crippen LogP contribution is -2.49. The van der Waals surface area contributed by atoms with E-state index in [9.17, 15) is 13.5 Å². The number of aliphatic hydroxyl groups is 1. The standard InChI is InChI=1S/C18H32N4O3S2/c1-3-9-22-10-7-15(8-11-22)21-18(19-4-2)20-13-16(23)14-27(24,25)17-6-5-12-26-17/h5-6,12,15-16,23H,3-4,7-11,13-14H2,1-2H3,(H2,19,20,21). The first-order chi connectivity index (χ1) is 12.9. The quantitative estimate of drug-likeness (QED) is 0.415. The van der Waals surface area contributed by atoms with Crippen LogP contribution in [0, 0.1) is 0 Å². The van der Waals surface area contributed by atoms with E-state index >= 15 is 0 Å². The molecule has 154 valence electrons. The van der Waals surface area contributed by atoms with E-state index in [1.807, 2.05) is 6.92 Å². The van der Waals surface area contributed by atoms with Crippen molar-refractivity contribution < 1.29 is 13.5 Å². The molecule has 1 aromatic rings. The van der Waals surface area contributed by atoms with Crippen molar-refractivity contribution in [3.63, 3.8) is 0 Å². The number of likely N-dealkylation sites (tertiary alicyclic amines) is 1. The molecule has 1 aliphatic rings. The summed E-state index contributed by atoms with van der Waals surface area (Å²) in [4.78, 5) is 6.87. The summed E-state index contributed by atoms with van der Waals surface area (Å²) in [5.74, 6) is 0.324. The van der Waals surface area contributed by atoms with Crippen LogP contribution in [0.3, 0.4) is 0 Å². The second-order valence-corrected chi connectivity index (χ2v) is 10.1. The summed E-state index contributed by atoms with van der Waals surface area (Å²) in [6.07, 6.45) is 2.26. The van der Waals surface area contributed by atoms with Gasteiger partial charge in [0.05, 0.1) is 18.4 Å². The Kier molecular flexibility index (Phi) is 9.01. The van der Waals surface area contributed by atoms with E-state index in [1.54, 1.807) is 17.5 Å². The van der Waals surface area contributed by atoms with Gasteiger partial charge >= 0.3 is 0 Å². The van der Waals surface area contributed by atoms with Crippen LogP contribution in [-0.4, -0.2) is 75.0 Å². The topological polar surface area (TPSA) is 94.0 Å². The Morgan fingerprint density at radius 3 is 2.74 bits per heavy atom. The number of thiophene rings is 1. The van der Waals surface area contributed by atoms with E-state index in [4.69, 9.17) is 0 Å². The van der Waals surface area contributed by atoms with Gasteiger partial charge in [-0.15, -0.1) is 11.3 Å². The number of rotatable bonds is 9. The molecule has 0 aliphatic carbocycles. The van der Waals surface area contributed by atoms with E-state index in [0.29, 0.717) is 18.5 Å². The molecular formula is C18H32N4O3S2. The third kappa shape index (κ3) is 7.40. The van der Waals surface area contributed by atoms with Crippen molar-refractivity contribution in [3.05, 3.63) is 17.5 Å². The lowest BCUT2D eigenvalue weighted by molar-refractivity contribution is 0.203. The molecule has 2 heterocycles. The van der Waals surface area contributed by atoms with Crippen molar-refractivity contribution in [2.24, 2.45) is 4.99 Å². The van der Waals surface area contributed by atoms with E-state index < -0.39 is 15.9 Å². The average Bonchev–Trinajstić information content (AvgIpc) is 3.17. The number of nitrogens with one attached hydrogen (secondary N) is 2. The molecule has 3 N–H and O–H groups in total. The highest BCUT2D eigenvalue weighted by Gasteiger charge is 2.22. The fraction of sp³-hybridized carbons (Fsp3) is 0.722. The van der Waals surface area contributed by atoms with Crippen LogP contribution in [-0.2, 0) is 9.84 Å². The summed E-state index contributed by atoms with van der Waals surface area (Å²) < 4.78 is 24.8. The molecule has 1 aromatic heterocycles. The zero-order chi connectivity index (χ0) is 19.7. The number of piperidine rings is 1. The van der Waals surface area contributed by atoms with Gasteiger partial charge in [-0.05, 0) is 44.2 Å². The third-order valence-corrected chi connectivity index (χ3v) is 7.77. The Hall–Kier alpha value is -1.16. The predicted octanol–water partition coefficient (Wildman–Crippen LogP) is 1.31. The number of hydrogen-bond donors (Lipinski definition) is 3. The SMILES string of the molecule is CCCN1CCC(NC(=NCC(O)CS(=O)(=O)c2cccs2)NCC)CC1. The summed E-state index contributed by atoms with van der Waals surface area (Å²) in [5, 5.41) is 18.5. The van der Waals surface area contributed by atoms with E-state index in [0.717, 1.165) is 32.5 Å². The number of nitrogens with zero attached hydrogens (tertiary/aromatic N) is 2. The summed E-state index contributed by atoms with van der Waals surface area (Å²) in [7, 11) is -3.46. The van der Waals surface area contributed by atoms with Gasteiger partial charge in [-0.1, -0.05) is 13.0 Å². The molecule has 0 radical (unpaired) electrons. The Balaban J connectivity index is 1.85. The van der Waals surface area contributed by atoms with Gasteiger partial charge in [0.1, 0.15) is 4.21 Å². The fourth-order valence-electron chi connectivity index (χ4n) is 3.16. The number of guanidine groups is 1. The smallest absolute Gasteiger partial charge is 0.191 e. The highest BCUT2D eigenvalue weighted by Crippen LogP contribution is 2.18. The highest BCUT2D eigenvalue weighted by molar-refractivity contribution is 7.93. The summed E-state index contributed by atoms with van der Waals surface area (Å²) in [6.45, 7) is 8.24. The first kappa shape index (κ1) is 22.1. The maximum absolute atomic E-state index is 12.2. The number of aliphatic hydroxyl groups excluding tert-OH is 1. The Bertz CT molecular complexity index is 669. The Morgan fingerprint density at radius 2 is 2.15 bits per heavy atom. The van der Waals surface area contributed by atoms with Crippen LogP contribution >= 0.6 is 11.3 Å². The summed E-state index contributed by atoms with van der Waals surface area (Å²) in [5.41, 5.74) is 0. The van der Waals surface area contributed by atoms with Crippen molar-refractivity contribution >= 4 is 27.1 Å². The van der Waals surface area contributed by atoms with Gasteiger partial charge in [0.2, 0.25) is 0 Å². The molecule has 0 spiro atoms. The zero-order valence-corrected chi connectivity index (χ0v) is 17.9. The van der Waals surface area contributed by atoms with Crippen molar-refractivity contribution in [1.29, 1.82) is 0 Å². The summed E-state index contributed by atoms with van der Waals surface area (Å²) in [6, 6.07) is 3.61. The Morgan fingerprint density at radius 1 is 1.41 bits per heavy atom. The highest BCUT2D eigenvalue weighted by atomic mass is 32.2. The first-order valence-corrected chi connectivity index (χ1v) is 12.2. The Labute approximate surface area is 166 Å². The number of hydrogen-bond acceptors (Lipinski definition) is 6. The van der Waals surface area contributed by atoms with Crippen molar-refractivity contribution in [3.8, 4) is 0 Å². The zero-order valence-electron chi connectivity index (χ0n) is 16.2. The van der Waals surface area contributed by atoms with Gasteiger partial charge in [-0.25, -0.2) is 8.42 Å². The van der Waals surface area contributed by atoms with Crippen LogP contribution in [0.25, 0.3) is 0 Å². The first-order valence-electron chi connectivity index (χ1n) is 9.66. The van der Waals surface area contributed by atoms with Crippen molar-refractivity contribution in [2.45, 2.75) is 49.5 Å². The van der Waals surface area contributed by atoms with Crippen LogP contribution in [0.5, 0.6) is 0 Å². The van der Waals surface area contributed by atoms with E-state index in [1.165, 1.54) is 17.8 Å². The molecule has 0 saturated carbocycles. The van der Waals surface area contributed by atoms with Gasteiger partial charge in [0.25, 0.3) is 0 Å². The predicted molar refractivity (Wildman–Crippen MR) is 111 cm³/mol. The van der Waals surface area contributed by atoms with E-state index in [-0.39, 0.29) is 16.5 Å². The average molecular weight is 417 g/mol. The maximum atomic E-state index is 12.2. The second-order valence-electron chi connectivity index (χ2n) is 6.85. The minimum Gasteiger partial charge on any atom is -0.390 e. The van der Waals surface area contributed by atoms with Gasteiger partial charge in [-0.2, -0.15) is 0 Å². The van der Waals surface area contributed by atoms with Crippen LogP contribution in [0.15, 0.2) is 26.7 Å². The molecule has 1 fully saturated rings. The van der Waals surface area contributed by atoms with E-state index in [2.05, 4.69) is 27.4 Å². The second kappa shape index (κ2) is 11.0. The molecule has 1 unspecified atom stereocenters. The molecule has 1 atom stereocenters. The normalized spacial score (nSPS) is 18.4. The molecule has 9 heteroatoms. The monoisotopic (exact) mass is 416 g/mol. The molecule has 7 nitrogen and oxygen atoms in total. The number of sulfone groups is 1. The van der Waals surface area contributed by atoms with Gasteiger partial charge in [0.15, 0.2) is 15.8 Å². The third-order valence-electron chi connectivity index (χ3n) is 4.49. The molecule has 0 aromatic carbocycles.